The Kier molecular flexibility index (Phi) is 4.00. The molecule has 1 aliphatic carbocycles. The predicted molar refractivity (Wildman–Crippen MR) is 67.2 cm³/mol. The van der Waals surface area contributed by atoms with Crippen molar-refractivity contribution < 1.29 is 9.13 Å². The zero-order chi connectivity index (χ0) is 12.3. The van der Waals surface area contributed by atoms with Gasteiger partial charge in [0.1, 0.15) is 11.6 Å². The van der Waals surface area contributed by atoms with E-state index in [1.165, 1.54) is 0 Å². The van der Waals surface area contributed by atoms with Crippen molar-refractivity contribution in [1.82, 2.24) is 5.32 Å². The van der Waals surface area contributed by atoms with E-state index in [0.29, 0.717) is 6.42 Å². The largest absolute Gasteiger partial charge is 0.496 e. The van der Waals surface area contributed by atoms with Gasteiger partial charge in [0.15, 0.2) is 0 Å². The molecular formula is C14H20FNO. The fourth-order valence-corrected chi connectivity index (χ4v) is 2.55. The molecule has 1 aromatic carbocycles. The van der Waals surface area contributed by atoms with Crippen molar-refractivity contribution in [3.05, 3.63) is 28.6 Å². The lowest BCUT2D eigenvalue weighted by molar-refractivity contribution is 0.402. The summed E-state index contributed by atoms with van der Waals surface area (Å²) in [7, 11) is 3.55. The summed E-state index contributed by atoms with van der Waals surface area (Å²) in [4.78, 5) is 0. The lowest BCUT2D eigenvalue weighted by Gasteiger charge is -2.21. The first kappa shape index (κ1) is 12.4. The number of hydrogen-bond donors (Lipinski definition) is 1. The maximum atomic E-state index is 14.3. The van der Waals surface area contributed by atoms with Crippen molar-refractivity contribution >= 4 is 0 Å². The molecule has 1 N–H and O–H groups in total. The van der Waals surface area contributed by atoms with Gasteiger partial charge >= 0.3 is 0 Å². The number of fused-ring (bicyclic) bond motifs is 1. The van der Waals surface area contributed by atoms with E-state index in [-0.39, 0.29) is 5.82 Å². The Hall–Kier alpha value is -1.09. The molecule has 0 radical (unpaired) electrons. The van der Waals surface area contributed by atoms with Gasteiger partial charge in [-0.3, -0.25) is 0 Å². The molecule has 1 aromatic rings. The SMILES string of the molecule is CNCCc1cc(OC)c2c(c1F)CCCC2. The third kappa shape index (κ3) is 2.44. The molecule has 0 aromatic heterocycles. The van der Waals surface area contributed by atoms with E-state index in [4.69, 9.17) is 4.74 Å². The van der Waals surface area contributed by atoms with Crippen LogP contribution in [0.4, 0.5) is 4.39 Å². The van der Waals surface area contributed by atoms with Gasteiger partial charge in [0, 0.05) is 5.56 Å². The first-order chi connectivity index (χ1) is 8.27. The summed E-state index contributed by atoms with van der Waals surface area (Å²) >= 11 is 0. The summed E-state index contributed by atoms with van der Waals surface area (Å²) in [6.07, 6.45) is 4.74. The highest BCUT2D eigenvalue weighted by Crippen LogP contribution is 2.33. The molecule has 94 valence electrons. The van der Waals surface area contributed by atoms with Gasteiger partial charge in [-0.25, -0.2) is 4.39 Å². The fraction of sp³-hybridized carbons (Fsp3) is 0.571. The van der Waals surface area contributed by atoms with Crippen molar-refractivity contribution in [1.29, 1.82) is 0 Å². The molecule has 0 spiro atoms. The quantitative estimate of drug-likeness (QED) is 0.868. The first-order valence-electron chi connectivity index (χ1n) is 6.29. The maximum Gasteiger partial charge on any atom is 0.130 e. The van der Waals surface area contributed by atoms with Crippen LogP contribution in [0.3, 0.4) is 0 Å². The monoisotopic (exact) mass is 237 g/mol. The highest BCUT2D eigenvalue weighted by atomic mass is 19.1. The minimum Gasteiger partial charge on any atom is -0.496 e. The van der Waals surface area contributed by atoms with Crippen LogP contribution in [0.2, 0.25) is 0 Å². The minimum absolute atomic E-state index is 0.00394. The summed E-state index contributed by atoms with van der Waals surface area (Å²) in [5, 5.41) is 3.05. The zero-order valence-electron chi connectivity index (χ0n) is 10.6. The van der Waals surface area contributed by atoms with Gasteiger partial charge in [0.05, 0.1) is 7.11 Å². The lowest BCUT2D eigenvalue weighted by Crippen LogP contribution is -2.14. The molecule has 3 heteroatoms. The summed E-state index contributed by atoms with van der Waals surface area (Å²) in [6.45, 7) is 0.791. The Morgan fingerprint density at radius 3 is 2.65 bits per heavy atom. The minimum atomic E-state index is -0.00394. The molecule has 0 heterocycles. The molecular weight excluding hydrogens is 217 g/mol. The van der Waals surface area contributed by atoms with Gasteiger partial charge in [-0.2, -0.15) is 0 Å². The molecule has 1 aliphatic rings. The van der Waals surface area contributed by atoms with Crippen molar-refractivity contribution in [2.75, 3.05) is 20.7 Å². The zero-order valence-corrected chi connectivity index (χ0v) is 10.6. The number of hydrogen-bond acceptors (Lipinski definition) is 2. The Labute approximate surface area is 102 Å². The van der Waals surface area contributed by atoms with Crippen LogP contribution >= 0.6 is 0 Å². The van der Waals surface area contributed by atoms with Crippen LogP contribution in [-0.4, -0.2) is 20.7 Å². The van der Waals surface area contributed by atoms with Gasteiger partial charge in [0.2, 0.25) is 0 Å². The van der Waals surface area contributed by atoms with Crippen molar-refractivity contribution in [3.63, 3.8) is 0 Å². The van der Waals surface area contributed by atoms with Crippen LogP contribution in [0, 0.1) is 5.82 Å². The smallest absolute Gasteiger partial charge is 0.130 e. The van der Waals surface area contributed by atoms with Crippen LogP contribution in [0.25, 0.3) is 0 Å². The van der Waals surface area contributed by atoms with Gasteiger partial charge in [-0.15, -0.1) is 0 Å². The van der Waals surface area contributed by atoms with E-state index < -0.39 is 0 Å². The van der Waals surface area contributed by atoms with Gasteiger partial charge in [-0.05, 0) is 62.9 Å². The molecule has 0 fully saturated rings. The molecule has 0 amide bonds. The number of rotatable bonds is 4. The molecule has 17 heavy (non-hydrogen) atoms. The third-order valence-corrected chi connectivity index (χ3v) is 3.48. The summed E-state index contributed by atoms with van der Waals surface area (Å²) in [6, 6.07) is 1.87. The summed E-state index contributed by atoms with van der Waals surface area (Å²) in [5.74, 6) is 0.864. The van der Waals surface area contributed by atoms with Crippen molar-refractivity contribution in [2.24, 2.45) is 0 Å². The first-order valence-corrected chi connectivity index (χ1v) is 6.29. The number of likely N-dealkylation sites (N-methyl/N-ethyl adjacent to an activating group) is 1. The summed E-state index contributed by atoms with van der Waals surface area (Å²) < 4.78 is 19.7. The molecule has 2 rings (SSSR count). The van der Waals surface area contributed by atoms with Crippen LogP contribution in [-0.2, 0) is 19.3 Å². The molecule has 0 unspecified atom stereocenters. The van der Waals surface area contributed by atoms with Gasteiger partial charge in [-0.1, -0.05) is 0 Å². The lowest BCUT2D eigenvalue weighted by atomic mass is 9.88. The van der Waals surface area contributed by atoms with Crippen LogP contribution in [0.1, 0.15) is 29.5 Å². The molecule has 2 nitrogen and oxygen atoms in total. The second-order valence-electron chi connectivity index (χ2n) is 4.57. The Morgan fingerprint density at radius 1 is 1.29 bits per heavy atom. The second-order valence-corrected chi connectivity index (χ2v) is 4.57. The highest BCUT2D eigenvalue weighted by molar-refractivity contribution is 5.46. The standard InChI is InChI=1S/C14H20FNO/c1-16-8-7-10-9-13(17-2)11-5-3-4-6-12(11)14(10)15/h9,16H,3-8H2,1-2H3. The number of nitrogens with one attached hydrogen (secondary N) is 1. The Bertz CT molecular complexity index is 404. The van der Waals surface area contributed by atoms with Crippen LogP contribution < -0.4 is 10.1 Å². The molecule has 0 saturated carbocycles. The van der Waals surface area contributed by atoms with Crippen molar-refractivity contribution in [2.45, 2.75) is 32.1 Å². The Balaban J connectivity index is 2.41. The van der Waals surface area contributed by atoms with Crippen LogP contribution in [0.5, 0.6) is 5.75 Å². The van der Waals surface area contributed by atoms with E-state index in [9.17, 15) is 4.39 Å². The van der Waals surface area contributed by atoms with Gasteiger partial charge in [0.25, 0.3) is 0 Å². The second kappa shape index (κ2) is 5.50. The van der Waals surface area contributed by atoms with E-state index in [1.807, 2.05) is 13.1 Å². The van der Waals surface area contributed by atoms with Crippen molar-refractivity contribution in [3.8, 4) is 5.75 Å². The Morgan fingerprint density at radius 2 is 2.00 bits per heavy atom. The van der Waals surface area contributed by atoms with E-state index in [0.717, 1.165) is 54.7 Å². The number of halogens is 1. The average molecular weight is 237 g/mol. The van der Waals surface area contributed by atoms with Gasteiger partial charge < -0.3 is 10.1 Å². The average Bonchev–Trinajstić information content (AvgIpc) is 2.38. The molecule has 0 bridgehead atoms. The normalized spacial score (nSPS) is 14.5. The summed E-state index contributed by atoms with van der Waals surface area (Å²) in [5.41, 5.74) is 2.75. The van der Waals surface area contributed by atoms with E-state index in [1.54, 1.807) is 7.11 Å². The van der Waals surface area contributed by atoms with Crippen LogP contribution in [0.15, 0.2) is 6.07 Å². The van der Waals surface area contributed by atoms with E-state index in [2.05, 4.69) is 5.32 Å². The number of ether oxygens (including phenoxy) is 1. The van der Waals surface area contributed by atoms with E-state index >= 15 is 0 Å². The molecule has 0 aliphatic heterocycles. The maximum absolute atomic E-state index is 14.3. The molecule has 0 atom stereocenters. The molecule has 0 saturated heterocycles. The topological polar surface area (TPSA) is 21.3 Å². The predicted octanol–water partition coefficient (Wildman–Crippen LogP) is 2.48. The number of methoxy groups -OCH3 is 1. The fourth-order valence-electron chi connectivity index (χ4n) is 2.55. The highest BCUT2D eigenvalue weighted by Gasteiger charge is 2.20. The number of benzene rings is 1. The third-order valence-electron chi connectivity index (χ3n) is 3.48.